The number of carbonyl (C=O) groups excluding carboxylic acids is 1. The van der Waals surface area contributed by atoms with E-state index in [1.165, 1.54) is 11.1 Å². The summed E-state index contributed by atoms with van der Waals surface area (Å²) in [5, 5.41) is 3.01. The van der Waals surface area contributed by atoms with E-state index in [9.17, 15) is 4.79 Å². The molecule has 0 fully saturated rings. The third kappa shape index (κ3) is 4.54. The van der Waals surface area contributed by atoms with Gasteiger partial charge in [0.15, 0.2) is 0 Å². The molecule has 3 nitrogen and oxygen atoms in total. The van der Waals surface area contributed by atoms with Crippen LogP contribution in [0.4, 0.5) is 0 Å². The predicted octanol–water partition coefficient (Wildman–Crippen LogP) is 4.23. The zero-order valence-electron chi connectivity index (χ0n) is 14.4. The van der Waals surface area contributed by atoms with Gasteiger partial charge in [-0.25, -0.2) is 0 Å². The molecule has 0 radical (unpaired) electrons. The average molecular weight is 330 g/mol. The van der Waals surface area contributed by atoms with Gasteiger partial charge in [-0.3, -0.25) is 9.78 Å². The summed E-state index contributed by atoms with van der Waals surface area (Å²) in [7, 11) is 0. The van der Waals surface area contributed by atoms with Crippen LogP contribution in [-0.4, -0.2) is 10.9 Å². The number of amides is 1. The molecule has 126 valence electrons. The van der Waals surface area contributed by atoms with Crippen LogP contribution in [0.3, 0.4) is 0 Å². The lowest BCUT2D eigenvalue weighted by molar-refractivity contribution is -0.121. The molecule has 0 saturated carbocycles. The minimum Gasteiger partial charge on any atom is -0.352 e. The number of carbonyl (C=O) groups is 1. The van der Waals surface area contributed by atoms with Crippen molar-refractivity contribution in [2.75, 3.05) is 0 Å². The highest BCUT2D eigenvalue weighted by Gasteiger charge is 2.19. The van der Waals surface area contributed by atoms with Gasteiger partial charge in [0.05, 0.1) is 0 Å². The van der Waals surface area contributed by atoms with E-state index < -0.39 is 0 Å². The van der Waals surface area contributed by atoms with Gasteiger partial charge in [-0.05, 0) is 35.2 Å². The number of hydrogen-bond donors (Lipinski definition) is 1. The Labute approximate surface area is 148 Å². The van der Waals surface area contributed by atoms with Crippen LogP contribution in [0.1, 0.15) is 34.6 Å². The van der Waals surface area contributed by atoms with Gasteiger partial charge in [-0.1, -0.05) is 60.7 Å². The highest BCUT2D eigenvalue weighted by Crippen LogP contribution is 2.30. The lowest BCUT2D eigenvalue weighted by Crippen LogP contribution is -2.25. The number of nitrogens with zero attached hydrogens (tertiary/aromatic N) is 1. The molecular weight excluding hydrogens is 308 g/mol. The van der Waals surface area contributed by atoms with Crippen molar-refractivity contribution < 1.29 is 4.79 Å². The second-order valence-corrected chi connectivity index (χ2v) is 6.16. The summed E-state index contributed by atoms with van der Waals surface area (Å²) in [4.78, 5) is 16.6. The fourth-order valence-corrected chi connectivity index (χ4v) is 3.03. The van der Waals surface area contributed by atoms with Crippen molar-refractivity contribution in [3.05, 3.63) is 101 Å². The molecule has 0 aliphatic rings. The van der Waals surface area contributed by atoms with Crippen LogP contribution >= 0.6 is 0 Å². The quantitative estimate of drug-likeness (QED) is 0.735. The van der Waals surface area contributed by atoms with E-state index in [1.807, 2.05) is 42.5 Å². The van der Waals surface area contributed by atoms with Gasteiger partial charge >= 0.3 is 0 Å². The summed E-state index contributed by atoms with van der Waals surface area (Å²) in [5.41, 5.74) is 4.57. The van der Waals surface area contributed by atoms with Crippen molar-refractivity contribution in [1.82, 2.24) is 10.3 Å². The topological polar surface area (TPSA) is 42.0 Å². The lowest BCUT2D eigenvalue weighted by Gasteiger charge is -2.20. The average Bonchev–Trinajstić information content (AvgIpc) is 2.67. The second kappa shape index (κ2) is 8.25. The molecule has 1 aromatic heterocycles. The maximum atomic E-state index is 12.6. The Morgan fingerprint density at radius 3 is 2.48 bits per heavy atom. The second-order valence-electron chi connectivity index (χ2n) is 6.16. The zero-order valence-corrected chi connectivity index (χ0v) is 14.4. The van der Waals surface area contributed by atoms with Gasteiger partial charge < -0.3 is 5.32 Å². The van der Waals surface area contributed by atoms with Crippen molar-refractivity contribution in [2.45, 2.75) is 25.8 Å². The molecule has 1 N–H and O–H groups in total. The van der Waals surface area contributed by atoms with E-state index in [1.54, 1.807) is 12.4 Å². The van der Waals surface area contributed by atoms with Crippen LogP contribution in [0.15, 0.2) is 79.1 Å². The van der Waals surface area contributed by atoms with Crippen LogP contribution in [0, 0.1) is 6.92 Å². The monoisotopic (exact) mass is 330 g/mol. The van der Waals surface area contributed by atoms with Crippen LogP contribution in [-0.2, 0) is 11.3 Å². The van der Waals surface area contributed by atoms with Gasteiger partial charge in [0.2, 0.25) is 5.91 Å². The minimum atomic E-state index is 0.0426. The Kier molecular flexibility index (Phi) is 5.57. The number of pyridine rings is 1. The molecule has 1 atom stereocenters. The molecule has 0 aliphatic carbocycles. The highest BCUT2D eigenvalue weighted by molar-refractivity contribution is 5.77. The summed E-state index contributed by atoms with van der Waals surface area (Å²) >= 11 is 0. The lowest BCUT2D eigenvalue weighted by atomic mass is 9.86. The van der Waals surface area contributed by atoms with Crippen LogP contribution < -0.4 is 5.32 Å². The summed E-state index contributed by atoms with van der Waals surface area (Å²) in [5.74, 6) is 0.0947. The first-order chi connectivity index (χ1) is 12.2. The molecule has 0 spiro atoms. The minimum absolute atomic E-state index is 0.0426. The summed E-state index contributed by atoms with van der Waals surface area (Å²) in [6.07, 6.45) is 3.93. The molecule has 3 rings (SSSR count). The van der Waals surface area contributed by atoms with Gasteiger partial charge in [0.25, 0.3) is 0 Å². The van der Waals surface area contributed by atoms with E-state index in [0.717, 1.165) is 11.1 Å². The number of aromatic nitrogens is 1. The molecule has 3 aromatic rings. The molecule has 0 saturated heterocycles. The molecule has 0 bridgehead atoms. The maximum Gasteiger partial charge on any atom is 0.221 e. The number of rotatable bonds is 6. The van der Waals surface area contributed by atoms with E-state index in [0.29, 0.717) is 13.0 Å². The number of nitrogens with one attached hydrogen (secondary N) is 1. The third-order valence-corrected chi connectivity index (χ3v) is 4.37. The van der Waals surface area contributed by atoms with E-state index in [4.69, 9.17) is 0 Å². The Balaban J connectivity index is 1.76. The predicted molar refractivity (Wildman–Crippen MR) is 100 cm³/mol. The normalized spacial score (nSPS) is 11.7. The summed E-state index contributed by atoms with van der Waals surface area (Å²) in [6.45, 7) is 2.60. The summed E-state index contributed by atoms with van der Waals surface area (Å²) in [6, 6.07) is 22.3. The van der Waals surface area contributed by atoms with Crippen molar-refractivity contribution in [2.24, 2.45) is 0 Å². The Bertz CT molecular complexity index is 816. The molecule has 0 unspecified atom stereocenters. The molecule has 25 heavy (non-hydrogen) atoms. The van der Waals surface area contributed by atoms with Crippen LogP contribution in [0.5, 0.6) is 0 Å². The van der Waals surface area contributed by atoms with Gasteiger partial charge in [0.1, 0.15) is 0 Å². The molecule has 2 aromatic carbocycles. The fraction of sp³-hybridized carbons (Fsp3) is 0.182. The standard InChI is InChI=1S/C22H22N2O/c1-17-8-5-6-12-20(17)21(19-10-3-2-4-11-19)14-22(25)24-16-18-9-7-13-23-15-18/h2-13,15,21H,14,16H2,1H3,(H,24,25)/t21-/m1/s1. The third-order valence-electron chi connectivity index (χ3n) is 4.37. The van der Waals surface area contributed by atoms with Crippen molar-refractivity contribution in [3.63, 3.8) is 0 Å². The Morgan fingerprint density at radius 2 is 1.76 bits per heavy atom. The van der Waals surface area contributed by atoms with Crippen molar-refractivity contribution in [3.8, 4) is 0 Å². The van der Waals surface area contributed by atoms with E-state index in [-0.39, 0.29) is 11.8 Å². The first-order valence-electron chi connectivity index (χ1n) is 8.50. The largest absolute Gasteiger partial charge is 0.352 e. The van der Waals surface area contributed by atoms with E-state index in [2.05, 4.69) is 41.5 Å². The Hall–Kier alpha value is -2.94. The molecule has 1 heterocycles. The van der Waals surface area contributed by atoms with Crippen molar-refractivity contribution in [1.29, 1.82) is 0 Å². The first kappa shape index (κ1) is 16.9. The smallest absolute Gasteiger partial charge is 0.221 e. The molecule has 3 heteroatoms. The van der Waals surface area contributed by atoms with Gasteiger partial charge in [-0.2, -0.15) is 0 Å². The van der Waals surface area contributed by atoms with E-state index >= 15 is 0 Å². The molecule has 0 aliphatic heterocycles. The Morgan fingerprint density at radius 1 is 1.00 bits per heavy atom. The van der Waals surface area contributed by atoms with Crippen LogP contribution in [0.2, 0.25) is 0 Å². The fourth-order valence-electron chi connectivity index (χ4n) is 3.03. The maximum absolute atomic E-state index is 12.6. The number of hydrogen-bond acceptors (Lipinski definition) is 2. The molecular formula is C22H22N2O. The SMILES string of the molecule is Cc1ccccc1[C@H](CC(=O)NCc1cccnc1)c1ccccc1. The number of aryl methyl sites for hydroxylation is 1. The van der Waals surface area contributed by atoms with Gasteiger partial charge in [-0.15, -0.1) is 0 Å². The summed E-state index contributed by atoms with van der Waals surface area (Å²) < 4.78 is 0. The highest BCUT2D eigenvalue weighted by atomic mass is 16.1. The number of benzene rings is 2. The van der Waals surface area contributed by atoms with Crippen molar-refractivity contribution >= 4 is 5.91 Å². The first-order valence-corrected chi connectivity index (χ1v) is 8.50. The molecule has 1 amide bonds. The van der Waals surface area contributed by atoms with Gasteiger partial charge in [0, 0.05) is 31.3 Å². The zero-order chi connectivity index (χ0) is 17.5. The van der Waals surface area contributed by atoms with Crippen LogP contribution in [0.25, 0.3) is 0 Å².